The summed E-state index contributed by atoms with van der Waals surface area (Å²) in [6.45, 7) is 8.14. The summed E-state index contributed by atoms with van der Waals surface area (Å²) >= 11 is 0. The molecule has 0 aliphatic rings. The second-order valence-electron chi connectivity index (χ2n) is 4.61. The Morgan fingerprint density at radius 1 is 1.39 bits per heavy atom. The minimum Gasteiger partial charge on any atom is -0.377 e. The van der Waals surface area contributed by atoms with Crippen molar-refractivity contribution in [2.75, 3.05) is 13.2 Å². The molecule has 0 amide bonds. The van der Waals surface area contributed by atoms with Gasteiger partial charge in [0, 0.05) is 38.5 Å². The Morgan fingerprint density at radius 3 is 2.67 bits per heavy atom. The highest BCUT2D eigenvalue weighted by Gasteiger charge is 2.22. The van der Waals surface area contributed by atoms with E-state index < -0.39 is 0 Å². The fourth-order valence-electron chi connectivity index (χ4n) is 2.29. The molecule has 1 rings (SSSR count). The average molecular weight is 253 g/mol. The van der Waals surface area contributed by atoms with Crippen LogP contribution in [0.1, 0.15) is 39.4 Å². The number of rotatable bonds is 9. The Hall–Kier alpha value is -0.870. The van der Waals surface area contributed by atoms with E-state index in [4.69, 9.17) is 4.74 Å². The van der Waals surface area contributed by atoms with E-state index in [9.17, 15) is 0 Å². The van der Waals surface area contributed by atoms with Crippen LogP contribution in [0.5, 0.6) is 0 Å². The molecule has 104 valence electrons. The molecule has 0 radical (unpaired) electrons. The molecule has 0 fully saturated rings. The van der Waals surface area contributed by atoms with Gasteiger partial charge >= 0.3 is 0 Å². The van der Waals surface area contributed by atoms with Crippen LogP contribution in [0.15, 0.2) is 12.4 Å². The Labute approximate surface area is 111 Å². The summed E-state index contributed by atoms with van der Waals surface area (Å²) in [7, 11) is 2.04. The highest BCUT2D eigenvalue weighted by atomic mass is 16.5. The van der Waals surface area contributed by atoms with Crippen molar-refractivity contribution in [2.45, 2.75) is 52.2 Å². The molecule has 18 heavy (non-hydrogen) atoms. The minimum absolute atomic E-state index is 0.275. The van der Waals surface area contributed by atoms with Crippen molar-refractivity contribution in [1.82, 2.24) is 14.9 Å². The normalized spacial score (nSPS) is 14.7. The third kappa shape index (κ3) is 4.42. The third-order valence-corrected chi connectivity index (χ3v) is 3.19. The lowest BCUT2D eigenvalue weighted by atomic mass is 10.0. The first-order valence-corrected chi connectivity index (χ1v) is 7.04. The van der Waals surface area contributed by atoms with Crippen molar-refractivity contribution in [2.24, 2.45) is 7.05 Å². The van der Waals surface area contributed by atoms with Crippen LogP contribution < -0.4 is 5.32 Å². The Kier molecular flexibility index (Phi) is 6.98. The van der Waals surface area contributed by atoms with E-state index in [1.165, 1.54) is 0 Å². The van der Waals surface area contributed by atoms with Crippen LogP contribution in [0.2, 0.25) is 0 Å². The largest absolute Gasteiger partial charge is 0.377 e. The number of hydrogen-bond donors (Lipinski definition) is 1. The number of imidazole rings is 1. The van der Waals surface area contributed by atoms with Crippen LogP contribution >= 0.6 is 0 Å². The summed E-state index contributed by atoms with van der Waals surface area (Å²) < 4.78 is 7.97. The first kappa shape index (κ1) is 15.2. The van der Waals surface area contributed by atoms with Crippen molar-refractivity contribution in [3.63, 3.8) is 0 Å². The van der Waals surface area contributed by atoms with Crippen LogP contribution in [0.25, 0.3) is 0 Å². The molecule has 4 heteroatoms. The molecule has 0 aliphatic heterocycles. The zero-order chi connectivity index (χ0) is 13.4. The van der Waals surface area contributed by atoms with E-state index in [-0.39, 0.29) is 6.10 Å². The number of nitrogens with zero attached hydrogens (tertiary/aromatic N) is 2. The molecule has 1 N–H and O–H groups in total. The minimum atomic E-state index is 0.275. The van der Waals surface area contributed by atoms with E-state index in [2.05, 4.69) is 35.6 Å². The Morgan fingerprint density at radius 2 is 2.17 bits per heavy atom. The number of ether oxygens (including phenoxy) is 1. The Bertz CT molecular complexity index is 319. The van der Waals surface area contributed by atoms with Gasteiger partial charge < -0.3 is 14.6 Å². The molecule has 2 atom stereocenters. The molecule has 0 spiro atoms. The van der Waals surface area contributed by atoms with Crippen LogP contribution in [-0.2, 0) is 18.2 Å². The van der Waals surface area contributed by atoms with Gasteiger partial charge in [-0.25, -0.2) is 4.98 Å². The van der Waals surface area contributed by atoms with Gasteiger partial charge in [0.25, 0.3) is 0 Å². The standard InChI is InChI=1S/C14H27N3O/c1-5-8-13(18-7-3)12(15-6-2)11-14-16-9-10-17(14)4/h9-10,12-13,15H,5-8,11H2,1-4H3. The lowest BCUT2D eigenvalue weighted by Gasteiger charge is -2.27. The number of likely N-dealkylation sites (N-methyl/N-ethyl adjacent to an activating group) is 1. The van der Waals surface area contributed by atoms with Crippen LogP contribution in [-0.4, -0.2) is 34.8 Å². The molecule has 4 nitrogen and oxygen atoms in total. The van der Waals surface area contributed by atoms with Gasteiger partial charge in [-0.1, -0.05) is 20.3 Å². The van der Waals surface area contributed by atoms with Crippen molar-refractivity contribution in [3.05, 3.63) is 18.2 Å². The lowest BCUT2D eigenvalue weighted by molar-refractivity contribution is 0.0279. The quantitative estimate of drug-likeness (QED) is 0.733. The van der Waals surface area contributed by atoms with Crippen LogP contribution in [0, 0.1) is 0 Å². The maximum absolute atomic E-state index is 5.89. The van der Waals surface area contributed by atoms with Gasteiger partial charge in [0.05, 0.1) is 6.10 Å². The molecular formula is C14H27N3O. The molecule has 1 aromatic rings. The maximum atomic E-state index is 5.89. The summed E-state index contributed by atoms with van der Waals surface area (Å²) in [5, 5.41) is 3.54. The predicted molar refractivity (Wildman–Crippen MR) is 74.7 cm³/mol. The molecule has 1 aromatic heterocycles. The van der Waals surface area contributed by atoms with Crippen molar-refractivity contribution < 1.29 is 4.74 Å². The molecule has 0 bridgehead atoms. The smallest absolute Gasteiger partial charge is 0.110 e. The first-order valence-electron chi connectivity index (χ1n) is 7.04. The maximum Gasteiger partial charge on any atom is 0.110 e. The summed E-state index contributed by atoms with van der Waals surface area (Å²) in [5.74, 6) is 1.11. The highest BCUT2D eigenvalue weighted by Crippen LogP contribution is 2.12. The summed E-state index contributed by atoms with van der Waals surface area (Å²) in [4.78, 5) is 4.41. The topological polar surface area (TPSA) is 39.1 Å². The Balaban J connectivity index is 2.69. The van der Waals surface area contributed by atoms with Crippen molar-refractivity contribution >= 4 is 0 Å². The van der Waals surface area contributed by atoms with E-state index in [0.717, 1.165) is 38.2 Å². The van der Waals surface area contributed by atoms with E-state index in [1.54, 1.807) is 0 Å². The predicted octanol–water partition coefficient (Wildman–Crippen LogP) is 2.15. The molecule has 1 heterocycles. The van der Waals surface area contributed by atoms with E-state index in [1.807, 2.05) is 19.4 Å². The van der Waals surface area contributed by atoms with Gasteiger partial charge in [-0.05, 0) is 19.9 Å². The van der Waals surface area contributed by atoms with Gasteiger partial charge in [-0.2, -0.15) is 0 Å². The second kappa shape index (κ2) is 8.27. The van der Waals surface area contributed by atoms with Gasteiger partial charge in [-0.15, -0.1) is 0 Å². The highest BCUT2D eigenvalue weighted by molar-refractivity contribution is 4.96. The van der Waals surface area contributed by atoms with Gasteiger partial charge in [0.2, 0.25) is 0 Å². The number of hydrogen-bond acceptors (Lipinski definition) is 3. The van der Waals surface area contributed by atoms with Crippen molar-refractivity contribution in [1.29, 1.82) is 0 Å². The fraction of sp³-hybridized carbons (Fsp3) is 0.786. The second-order valence-corrected chi connectivity index (χ2v) is 4.61. The fourth-order valence-corrected chi connectivity index (χ4v) is 2.29. The monoisotopic (exact) mass is 253 g/mol. The lowest BCUT2D eigenvalue weighted by Crippen LogP contribution is -2.43. The van der Waals surface area contributed by atoms with E-state index in [0.29, 0.717) is 6.04 Å². The SMILES string of the molecule is CCCC(OCC)C(Cc1nccn1C)NCC. The first-order chi connectivity index (χ1) is 8.72. The average Bonchev–Trinajstić information content (AvgIpc) is 2.74. The number of aryl methyl sites for hydroxylation is 1. The molecule has 0 saturated heterocycles. The van der Waals surface area contributed by atoms with Crippen LogP contribution in [0.3, 0.4) is 0 Å². The van der Waals surface area contributed by atoms with E-state index >= 15 is 0 Å². The zero-order valence-electron chi connectivity index (χ0n) is 12.1. The zero-order valence-corrected chi connectivity index (χ0v) is 12.1. The summed E-state index contributed by atoms with van der Waals surface area (Å²) in [5.41, 5.74) is 0. The number of nitrogens with one attached hydrogen (secondary N) is 1. The molecule has 0 saturated carbocycles. The summed E-state index contributed by atoms with van der Waals surface area (Å²) in [6, 6.07) is 0.344. The van der Waals surface area contributed by atoms with Crippen molar-refractivity contribution in [3.8, 4) is 0 Å². The van der Waals surface area contributed by atoms with Gasteiger partial charge in [0.15, 0.2) is 0 Å². The van der Waals surface area contributed by atoms with Gasteiger partial charge in [0.1, 0.15) is 5.82 Å². The van der Waals surface area contributed by atoms with Gasteiger partial charge in [-0.3, -0.25) is 0 Å². The molecule has 2 unspecified atom stereocenters. The molecule has 0 aromatic carbocycles. The molecular weight excluding hydrogens is 226 g/mol. The number of aromatic nitrogens is 2. The molecule has 0 aliphatic carbocycles. The van der Waals surface area contributed by atoms with Crippen LogP contribution in [0.4, 0.5) is 0 Å². The third-order valence-electron chi connectivity index (χ3n) is 3.19. The summed E-state index contributed by atoms with van der Waals surface area (Å²) in [6.07, 6.45) is 7.28.